The van der Waals surface area contributed by atoms with Crippen LogP contribution in [0.1, 0.15) is 17.2 Å². The molecule has 1 heterocycles. The highest BCUT2D eigenvalue weighted by Crippen LogP contribution is 2.31. The number of hydrogen-bond acceptors (Lipinski definition) is 3. The van der Waals surface area contributed by atoms with Crippen molar-refractivity contribution in [3.8, 4) is 5.75 Å². The standard InChI is InChI=1S/C20H21N3O3/c1-12-5-4-6-14(11-12)18-17(13(2)21-20(25)23-18)19(24)22-15-7-9-16(26-3)10-8-15/h4-11,17-18H,2H2,1,3H3,(H,22,24)(H2,21,23,25)/t17-,18+/m0/s1. The molecule has 0 unspecified atom stereocenters. The number of carbonyl (C=O) groups is 2. The van der Waals surface area contributed by atoms with Gasteiger partial charge in [0.1, 0.15) is 11.7 Å². The van der Waals surface area contributed by atoms with E-state index in [2.05, 4.69) is 22.5 Å². The zero-order chi connectivity index (χ0) is 18.7. The highest BCUT2D eigenvalue weighted by molar-refractivity contribution is 5.97. The number of nitrogens with one attached hydrogen (secondary N) is 3. The minimum Gasteiger partial charge on any atom is -0.497 e. The molecule has 6 nitrogen and oxygen atoms in total. The van der Waals surface area contributed by atoms with E-state index in [0.717, 1.165) is 11.1 Å². The van der Waals surface area contributed by atoms with Crippen LogP contribution in [0.3, 0.4) is 0 Å². The average Bonchev–Trinajstić information content (AvgIpc) is 2.61. The molecule has 3 amide bonds. The van der Waals surface area contributed by atoms with Gasteiger partial charge in [-0.3, -0.25) is 4.79 Å². The molecule has 0 bridgehead atoms. The van der Waals surface area contributed by atoms with Crippen molar-refractivity contribution in [1.29, 1.82) is 0 Å². The summed E-state index contributed by atoms with van der Waals surface area (Å²) in [7, 11) is 1.58. The van der Waals surface area contributed by atoms with Gasteiger partial charge in [0, 0.05) is 11.4 Å². The molecule has 134 valence electrons. The Labute approximate surface area is 152 Å². The van der Waals surface area contributed by atoms with Crippen LogP contribution in [0.15, 0.2) is 60.8 Å². The minimum absolute atomic E-state index is 0.251. The molecule has 0 aliphatic carbocycles. The summed E-state index contributed by atoms with van der Waals surface area (Å²) in [6.07, 6.45) is 0. The molecule has 3 rings (SSSR count). The molecule has 0 radical (unpaired) electrons. The Balaban J connectivity index is 1.86. The number of benzene rings is 2. The smallest absolute Gasteiger partial charge is 0.319 e. The lowest BCUT2D eigenvalue weighted by Gasteiger charge is -2.34. The molecule has 1 aliphatic heterocycles. The first-order valence-electron chi connectivity index (χ1n) is 8.25. The van der Waals surface area contributed by atoms with Crippen molar-refractivity contribution in [3.63, 3.8) is 0 Å². The quantitative estimate of drug-likeness (QED) is 0.792. The second-order valence-corrected chi connectivity index (χ2v) is 6.21. The summed E-state index contributed by atoms with van der Waals surface area (Å²) in [5, 5.41) is 8.31. The Morgan fingerprint density at radius 1 is 1.19 bits per heavy atom. The molecule has 1 saturated heterocycles. The van der Waals surface area contributed by atoms with Gasteiger partial charge in [-0.15, -0.1) is 0 Å². The summed E-state index contributed by atoms with van der Waals surface area (Å²) < 4.78 is 5.12. The predicted octanol–water partition coefficient (Wildman–Crippen LogP) is 3.13. The van der Waals surface area contributed by atoms with Gasteiger partial charge < -0.3 is 20.7 Å². The zero-order valence-electron chi connectivity index (χ0n) is 14.7. The molecule has 2 aromatic rings. The number of carbonyl (C=O) groups excluding carboxylic acids is 2. The molecule has 0 saturated carbocycles. The van der Waals surface area contributed by atoms with E-state index in [4.69, 9.17) is 4.74 Å². The molecule has 2 aromatic carbocycles. The summed E-state index contributed by atoms with van der Waals surface area (Å²) >= 11 is 0. The van der Waals surface area contributed by atoms with Gasteiger partial charge in [-0.05, 0) is 36.8 Å². The van der Waals surface area contributed by atoms with Crippen LogP contribution < -0.4 is 20.7 Å². The number of amides is 3. The van der Waals surface area contributed by atoms with Crippen molar-refractivity contribution in [3.05, 3.63) is 71.9 Å². The lowest BCUT2D eigenvalue weighted by molar-refractivity contribution is -0.119. The van der Waals surface area contributed by atoms with Crippen LogP contribution in [-0.2, 0) is 4.79 Å². The number of urea groups is 1. The Hall–Kier alpha value is -3.28. The van der Waals surface area contributed by atoms with Crippen LogP contribution in [0.2, 0.25) is 0 Å². The molecule has 0 aromatic heterocycles. The van der Waals surface area contributed by atoms with E-state index in [1.54, 1.807) is 31.4 Å². The second-order valence-electron chi connectivity index (χ2n) is 6.21. The highest BCUT2D eigenvalue weighted by atomic mass is 16.5. The fraction of sp³-hybridized carbons (Fsp3) is 0.200. The van der Waals surface area contributed by atoms with Crippen molar-refractivity contribution in [2.45, 2.75) is 13.0 Å². The maximum atomic E-state index is 12.9. The first kappa shape index (κ1) is 17.5. The molecule has 0 spiro atoms. The molecule has 6 heteroatoms. The molecule has 1 fully saturated rings. The van der Waals surface area contributed by atoms with E-state index in [9.17, 15) is 9.59 Å². The molecule has 1 aliphatic rings. The van der Waals surface area contributed by atoms with Crippen molar-refractivity contribution < 1.29 is 14.3 Å². The number of methoxy groups -OCH3 is 1. The zero-order valence-corrected chi connectivity index (χ0v) is 14.7. The summed E-state index contributed by atoms with van der Waals surface area (Å²) in [5.74, 6) is -0.188. The summed E-state index contributed by atoms with van der Waals surface area (Å²) in [6.45, 7) is 5.85. The van der Waals surface area contributed by atoms with Gasteiger partial charge in [0.05, 0.1) is 13.2 Å². The first-order chi connectivity index (χ1) is 12.5. The van der Waals surface area contributed by atoms with Crippen LogP contribution in [0, 0.1) is 12.8 Å². The summed E-state index contributed by atoms with van der Waals surface area (Å²) in [4.78, 5) is 24.8. The van der Waals surface area contributed by atoms with E-state index >= 15 is 0 Å². The molecular weight excluding hydrogens is 330 g/mol. The van der Waals surface area contributed by atoms with E-state index in [1.807, 2.05) is 31.2 Å². The normalized spacial score (nSPS) is 19.3. The van der Waals surface area contributed by atoms with Gasteiger partial charge in [0.2, 0.25) is 5.91 Å². The number of hydrogen-bond donors (Lipinski definition) is 3. The molecule has 26 heavy (non-hydrogen) atoms. The van der Waals surface area contributed by atoms with Crippen LogP contribution >= 0.6 is 0 Å². The van der Waals surface area contributed by atoms with Crippen LogP contribution in [0.25, 0.3) is 0 Å². The van der Waals surface area contributed by atoms with Gasteiger partial charge in [0.25, 0.3) is 0 Å². The fourth-order valence-corrected chi connectivity index (χ4v) is 3.03. The number of anilines is 1. The van der Waals surface area contributed by atoms with Gasteiger partial charge in [-0.2, -0.15) is 0 Å². The maximum absolute atomic E-state index is 12.9. The molecule has 3 N–H and O–H groups in total. The van der Waals surface area contributed by atoms with Crippen LogP contribution in [0.4, 0.5) is 10.5 Å². The van der Waals surface area contributed by atoms with Gasteiger partial charge >= 0.3 is 6.03 Å². The summed E-state index contributed by atoms with van der Waals surface area (Å²) in [6, 6.07) is 13.9. The lowest BCUT2D eigenvalue weighted by Crippen LogP contribution is -2.51. The van der Waals surface area contributed by atoms with E-state index < -0.39 is 12.0 Å². The lowest BCUT2D eigenvalue weighted by atomic mass is 9.87. The van der Waals surface area contributed by atoms with Crippen LogP contribution in [0.5, 0.6) is 5.75 Å². The largest absolute Gasteiger partial charge is 0.497 e. The molecule has 2 atom stereocenters. The van der Waals surface area contributed by atoms with E-state index in [-0.39, 0.29) is 11.9 Å². The number of aryl methyl sites for hydroxylation is 1. The third-order valence-electron chi connectivity index (χ3n) is 4.31. The Kier molecular flexibility index (Phi) is 4.93. The fourth-order valence-electron chi connectivity index (χ4n) is 3.03. The predicted molar refractivity (Wildman–Crippen MR) is 99.8 cm³/mol. The van der Waals surface area contributed by atoms with E-state index in [1.165, 1.54) is 0 Å². The van der Waals surface area contributed by atoms with Crippen molar-refractivity contribution in [1.82, 2.24) is 10.6 Å². The summed E-state index contributed by atoms with van der Waals surface area (Å²) in [5.41, 5.74) is 2.92. The van der Waals surface area contributed by atoms with Crippen molar-refractivity contribution >= 4 is 17.6 Å². The monoisotopic (exact) mass is 351 g/mol. The van der Waals surface area contributed by atoms with Crippen molar-refractivity contribution in [2.24, 2.45) is 5.92 Å². The van der Waals surface area contributed by atoms with Crippen molar-refractivity contribution in [2.75, 3.05) is 12.4 Å². The second kappa shape index (κ2) is 7.31. The number of ether oxygens (including phenoxy) is 1. The average molecular weight is 351 g/mol. The topological polar surface area (TPSA) is 79.5 Å². The molecular formula is C20H21N3O3. The third-order valence-corrected chi connectivity index (χ3v) is 4.31. The first-order valence-corrected chi connectivity index (χ1v) is 8.25. The Bertz CT molecular complexity index is 846. The Morgan fingerprint density at radius 2 is 1.92 bits per heavy atom. The third kappa shape index (κ3) is 3.69. The van der Waals surface area contributed by atoms with Gasteiger partial charge in [-0.1, -0.05) is 36.4 Å². The minimum atomic E-state index is -0.642. The van der Waals surface area contributed by atoms with E-state index in [0.29, 0.717) is 17.1 Å². The van der Waals surface area contributed by atoms with Gasteiger partial charge in [0.15, 0.2) is 0 Å². The Morgan fingerprint density at radius 3 is 2.58 bits per heavy atom. The van der Waals surface area contributed by atoms with Crippen LogP contribution in [-0.4, -0.2) is 19.0 Å². The van der Waals surface area contributed by atoms with Gasteiger partial charge in [-0.25, -0.2) is 4.79 Å². The SMILES string of the molecule is C=C1NC(=O)N[C@H](c2cccc(C)c2)[C@H]1C(=O)Nc1ccc(OC)cc1. The maximum Gasteiger partial charge on any atom is 0.319 e. The number of rotatable bonds is 4. The highest BCUT2D eigenvalue weighted by Gasteiger charge is 2.37.